The maximum Gasteiger partial charge on any atom is 0.204 e. The smallest absolute Gasteiger partial charge is 0.204 e. The van der Waals surface area contributed by atoms with E-state index in [1.807, 2.05) is 48.4 Å². The predicted molar refractivity (Wildman–Crippen MR) is 173 cm³/mol. The number of H-pyrrole nitrogens is 1. The number of carbonyl (C=O) groups excluding carboxylic acids is 1. The summed E-state index contributed by atoms with van der Waals surface area (Å²) in [5.74, 6) is 0.768. The molecule has 0 bridgehead atoms. The second-order valence-corrected chi connectivity index (χ2v) is 9.85. The predicted octanol–water partition coefficient (Wildman–Crippen LogP) is 6.82. The molecular weight excluding hydrogens is 522 g/mol. The van der Waals surface area contributed by atoms with Crippen molar-refractivity contribution in [1.82, 2.24) is 19.9 Å². The highest BCUT2D eigenvalue weighted by molar-refractivity contribution is 5.99. The highest BCUT2D eigenvalue weighted by Gasteiger charge is 2.18. The van der Waals surface area contributed by atoms with Gasteiger partial charge in [-0.3, -0.25) is 25.6 Å². The summed E-state index contributed by atoms with van der Waals surface area (Å²) in [5, 5.41) is 21.3. The molecule has 2 heterocycles. The number of aromatic nitrogens is 3. The van der Waals surface area contributed by atoms with Gasteiger partial charge in [-0.2, -0.15) is 0 Å². The zero-order valence-corrected chi connectivity index (χ0v) is 24.5. The summed E-state index contributed by atoms with van der Waals surface area (Å²) >= 11 is 0. The van der Waals surface area contributed by atoms with Crippen molar-refractivity contribution in [2.75, 3.05) is 0 Å². The zero-order chi connectivity index (χ0) is 30.3. The molecule has 0 radical (unpaired) electrons. The van der Waals surface area contributed by atoms with Crippen molar-refractivity contribution in [3.05, 3.63) is 120 Å². The Kier molecular flexibility index (Phi) is 12.1. The number of amidine groups is 2. The quantitative estimate of drug-likeness (QED) is 0.0750. The monoisotopic (exact) mass is 561 g/mol. The van der Waals surface area contributed by atoms with Crippen LogP contribution in [0.2, 0.25) is 0 Å². The van der Waals surface area contributed by atoms with Gasteiger partial charge in [-0.05, 0) is 55.2 Å². The van der Waals surface area contributed by atoms with Crippen LogP contribution in [0.4, 0.5) is 0 Å². The molecule has 0 aliphatic heterocycles. The fourth-order valence-electron chi connectivity index (χ4n) is 4.37. The molecule has 3 aromatic carbocycles. The van der Waals surface area contributed by atoms with E-state index < -0.39 is 0 Å². The molecule has 5 aromatic rings. The number of allylic oxidation sites excluding steroid dienone is 2. The zero-order valence-electron chi connectivity index (χ0n) is 24.5. The van der Waals surface area contributed by atoms with Crippen LogP contribution in [0.1, 0.15) is 44.0 Å². The third kappa shape index (κ3) is 8.96. The first-order chi connectivity index (χ1) is 20.4. The van der Waals surface area contributed by atoms with Crippen molar-refractivity contribution in [2.45, 2.75) is 46.6 Å². The van der Waals surface area contributed by atoms with Gasteiger partial charge in [0.2, 0.25) is 6.41 Å². The van der Waals surface area contributed by atoms with E-state index in [0.29, 0.717) is 31.1 Å². The third-order valence-corrected chi connectivity index (χ3v) is 6.71. The van der Waals surface area contributed by atoms with Gasteiger partial charge in [0, 0.05) is 48.5 Å². The van der Waals surface area contributed by atoms with Crippen LogP contribution in [-0.2, 0) is 24.2 Å². The average Bonchev–Trinajstić information content (AvgIpc) is 3.43. The van der Waals surface area contributed by atoms with Gasteiger partial charge in [-0.1, -0.05) is 72.3 Å². The number of amides is 1. The third-order valence-electron chi connectivity index (χ3n) is 6.71. The molecule has 0 saturated carbocycles. The highest BCUT2D eigenvalue weighted by atomic mass is 16.1. The number of aryl methyl sites for hydroxylation is 1. The summed E-state index contributed by atoms with van der Waals surface area (Å²) in [6, 6.07) is 22.7. The molecule has 0 atom stereocenters. The fourth-order valence-corrected chi connectivity index (χ4v) is 4.37. The van der Waals surface area contributed by atoms with Gasteiger partial charge in [0.05, 0.1) is 12.2 Å². The number of aromatic amines is 1. The van der Waals surface area contributed by atoms with Crippen LogP contribution in [0.3, 0.4) is 0 Å². The van der Waals surface area contributed by atoms with E-state index in [-0.39, 0.29) is 6.41 Å². The van der Waals surface area contributed by atoms with Gasteiger partial charge in [-0.15, -0.1) is 0 Å². The van der Waals surface area contributed by atoms with Crippen LogP contribution in [0.5, 0.6) is 0 Å². The number of para-hydroxylation sites is 1. The van der Waals surface area contributed by atoms with Crippen LogP contribution in [0.25, 0.3) is 21.7 Å². The number of hydrogen-bond donors (Lipinski definition) is 4. The van der Waals surface area contributed by atoms with Crippen LogP contribution >= 0.6 is 0 Å². The number of fused-ring (bicyclic) bond motifs is 2. The molecular formula is C34H39N7O. The van der Waals surface area contributed by atoms with Crippen LogP contribution in [0, 0.1) is 10.8 Å². The van der Waals surface area contributed by atoms with Crippen molar-refractivity contribution >= 4 is 39.8 Å². The van der Waals surface area contributed by atoms with E-state index in [0.717, 1.165) is 34.0 Å². The molecule has 8 heteroatoms. The van der Waals surface area contributed by atoms with E-state index >= 15 is 0 Å². The van der Waals surface area contributed by atoms with E-state index in [9.17, 15) is 0 Å². The minimum Gasteiger partial charge on any atom is -0.372 e. The van der Waals surface area contributed by atoms with Crippen molar-refractivity contribution in [3.63, 3.8) is 0 Å². The first-order valence-electron chi connectivity index (χ1n) is 13.8. The maximum atomic E-state index is 8.95. The molecule has 0 aliphatic rings. The summed E-state index contributed by atoms with van der Waals surface area (Å²) in [6.45, 7) is 6.67. The van der Waals surface area contributed by atoms with Gasteiger partial charge in [0.1, 0.15) is 11.7 Å². The Morgan fingerprint density at radius 2 is 1.60 bits per heavy atom. The molecule has 1 amide bonds. The maximum absolute atomic E-state index is 8.95. The first-order valence-corrected chi connectivity index (χ1v) is 13.8. The van der Waals surface area contributed by atoms with Gasteiger partial charge >= 0.3 is 0 Å². The van der Waals surface area contributed by atoms with Crippen molar-refractivity contribution < 1.29 is 4.79 Å². The van der Waals surface area contributed by atoms with E-state index in [2.05, 4.69) is 77.0 Å². The Balaban J connectivity index is 0.000000540. The highest BCUT2D eigenvalue weighted by Crippen LogP contribution is 2.23. The SMILES string of the molecule is CC=C(C)C.N=C(CCc1c[nH]c2ccccc12)N(Cc1cccc2ccccc12)C(=N)Cc1cnccn1.NC=O. The largest absolute Gasteiger partial charge is 0.372 e. The van der Waals surface area contributed by atoms with E-state index in [4.69, 9.17) is 15.6 Å². The number of rotatable bonds is 7. The summed E-state index contributed by atoms with van der Waals surface area (Å²) in [7, 11) is 0. The van der Waals surface area contributed by atoms with E-state index in [1.54, 1.807) is 18.6 Å². The molecule has 0 aliphatic carbocycles. The number of benzene rings is 3. The number of nitrogens with zero attached hydrogens (tertiary/aromatic N) is 3. The summed E-state index contributed by atoms with van der Waals surface area (Å²) in [5.41, 5.74) is 9.65. The normalized spacial score (nSPS) is 10.1. The minimum atomic E-state index is 0.250. The number of nitrogens with two attached hydrogens (primary N) is 1. The number of nitrogens with one attached hydrogen (secondary N) is 3. The Labute approximate surface area is 247 Å². The lowest BCUT2D eigenvalue weighted by Crippen LogP contribution is -2.37. The lowest BCUT2D eigenvalue weighted by atomic mass is 10.0. The molecule has 0 saturated heterocycles. The average molecular weight is 562 g/mol. The molecule has 0 fully saturated rings. The van der Waals surface area contributed by atoms with Crippen LogP contribution < -0.4 is 5.73 Å². The lowest BCUT2D eigenvalue weighted by molar-refractivity contribution is -0.106. The minimum absolute atomic E-state index is 0.250. The standard InChI is InChI=1S/C28H26N6.C5H10.CH3NO/c29-27(13-12-21-17-33-26-11-4-3-10-25(21)26)34(28(30)16-23-18-31-14-15-32-23)19-22-8-5-7-20-6-1-2-9-24(20)22;1-4-5(2)3;2-1-3/h1-11,14-15,17-18,29-30,33H,12-13,16,19H2;4H,1-3H3;1H,(H2,2,3). The first kappa shape index (κ1) is 31.4. The number of carbonyl (C=O) groups is 1. The van der Waals surface area contributed by atoms with E-state index in [1.165, 1.54) is 16.5 Å². The second kappa shape index (κ2) is 16.2. The van der Waals surface area contributed by atoms with Gasteiger partial charge in [0.25, 0.3) is 0 Å². The molecule has 42 heavy (non-hydrogen) atoms. The number of hydrogen-bond acceptors (Lipinski definition) is 5. The van der Waals surface area contributed by atoms with Crippen molar-refractivity contribution in [3.8, 4) is 0 Å². The number of primary amides is 1. The molecule has 2 aromatic heterocycles. The summed E-state index contributed by atoms with van der Waals surface area (Å²) in [4.78, 5) is 22.2. The van der Waals surface area contributed by atoms with Gasteiger partial charge < -0.3 is 15.6 Å². The molecule has 0 unspecified atom stereocenters. The second-order valence-electron chi connectivity index (χ2n) is 9.85. The summed E-state index contributed by atoms with van der Waals surface area (Å²) in [6.07, 6.45) is 10.9. The Morgan fingerprint density at radius 3 is 2.29 bits per heavy atom. The fraction of sp³-hybridized carbons (Fsp3) is 0.206. The molecule has 0 spiro atoms. The Bertz CT molecular complexity index is 1630. The molecule has 5 rings (SSSR count). The van der Waals surface area contributed by atoms with Gasteiger partial charge in [0.15, 0.2) is 0 Å². The van der Waals surface area contributed by atoms with Gasteiger partial charge in [-0.25, -0.2) is 0 Å². The molecule has 5 N–H and O–H groups in total. The molecule has 216 valence electrons. The topological polar surface area (TPSA) is 136 Å². The van der Waals surface area contributed by atoms with Crippen molar-refractivity contribution in [2.24, 2.45) is 5.73 Å². The van der Waals surface area contributed by atoms with Crippen LogP contribution in [0.15, 0.2) is 103 Å². The van der Waals surface area contributed by atoms with Crippen LogP contribution in [-0.4, -0.2) is 37.9 Å². The molecule has 8 nitrogen and oxygen atoms in total. The lowest BCUT2D eigenvalue weighted by Gasteiger charge is -2.26. The Hall–Kier alpha value is -5.11. The summed E-state index contributed by atoms with van der Waals surface area (Å²) < 4.78 is 0. The Morgan fingerprint density at radius 1 is 0.929 bits per heavy atom. The van der Waals surface area contributed by atoms with Crippen molar-refractivity contribution in [1.29, 1.82) is 10.8 Å².